The molecule has 11 heteroatoms. The Morgan fingerprint density at radius 3 is 2.04 bits per heavy atom. The number of aromatic hydroxyl groups is 2. The van der Waals surface area contributed by atoms with E-state index in [0.29, 0.717) is 0 Å². The topological polar surface area (TPSA) is 194 Å². The Labute approximate surface area is 139 Å². The minimum absolute atomic E-state index is 0.0545. The maximum Gasteiger partial charge on any atom is 0.335 e. The van der Waals surface area contributed by atoms with Crippen LogP contribution in [0.2, 0.25) is 0 Å². The number of hydrogen-bond acceptors (Lipinski definition) is 9. The Bertz CT molecular complexity index is 650. The van der Waals surface area contributed by atoms with Gasteiger partial charge in [0.1, 0.15) is 18.3 Å². The normalized spacial score (nSPS) is 29.2. The van der Waals surface area contributed by atoms with Gasteiger partial charge in [0.2, 0.25) is 12.0 Å². The lowest BCUT2D eigenvalue weighted by atomic mass is 9.99. The average Bonchev–Trinajstić information content (AvgIpc) is 2.49. The van der Waals surface area contributed by atoms with Crippen molar-refractivity contribution in [3.8, 4) is 17.2 Å². The molecule has 0 bridgehead atoms. The molecule has 1 saturated heterocycles. The first kappa shape index (κ1) is 18.7. The number of carboxylic acids is 2. The maximum atomic E-state index is 11.0. The van der Waals surface area contributed by atoms with Gasteiger partial charge in [-0.25, -0.2) is 4.79 Å². The fraction of sp³-hybridized carbons (Fsp3) is 0.429. The van der Waals surface area contributed by atoms with E-state index in [1.54, 1.807) is 0 Å². The molecule has 0 amide bonds. The van der Waals surface area contributed by atoms with E-state index in [1.807, 2.05) is 0 Å². The summed E-state index contributed by atoms with van der Waals surface area (Å²) in [5.74, 6) is -4.85. The number of hydrogen-bond donors (Lipinski definition) is 7. The van der Waals surface area contributed by atoms with Crippen molar-refractivity contribution in [1.82, 2.24) is 0 Å². The van der Waals surface area contributed by atoms with Gasteiger partial charge in [0.05, 0.1) is 6.42 Å². The highest BCUT2D eigenvalue weighted by atomic mass is 16.7. The summed E-state index contributed by atoms with van der Waals surface area (Å²) in [6.07, 6.45) is -9.97. The van der Waals surface area contributed by atoms with Gasteiger partial charge in [0.15, 0.2) is 17.6 Å². The van der Waals surface area contributed by atoms with Crippen molar-refractivity contribution < 1.29 is 54.8 Å². The second kappa shape index (κ2) is 7.11. The molecule has 11 nitrogen and oxygen atoms in total. The van der Waals surface area contributed by atoms with Gasteiger partial charge in [-0.05, 0) is 17.7 Å². The predicted molar refractivity (Wildman–Crippen MR) is 76.1 cm³/mol. The number of phenols is 2. The van der Waals surface area contributed by atoms with Crippen LogP contribution in [0.1, 0.15) is 5.56 Å². The molecule has 5 unspecified atom stereocenters. The van der Waals surface area contributed by atoms with E-state index in [4.69, 9.17) is 19.7 Å². The molecule has 0 spiro atoms. The van der Waals surface area contributed by atoms with Crippen molar-refractivity contribution in [3.63, 3.8) is 0 Å². The molecular weight excluding hydrogens is 344 g/mol. The standard InChI is InChI=1S/C14H16O11/c15-5-1-4(3-7(17)18)2-6(16)11(5)24-14-10(21)8(19)9(20)12(25-14)13(22)23/h1-2,8-10,12,14-16,19-21H,3H2,(H,17,18)(H,22,23). The monoisotopic (exact) mass is 360 g/mol. The molecular formula is C14H16O11. The molecule has 138 valence electrons. The average molecular weight is 360 g/mol. The molecule has 7 N–H and O–H groups in total. The maximum absolute atomic E-state index is 11.0. The SMILES string of the molecule is O=C(O)Cc1cc(O)c(OC2OC(C(=O)O)C(O)C(O)C2O)c(O)c1. The second-order valence-corrected chi connectivity index (χ2v) is 5.39. The second-order valence-electron chi connectivity index (χ2n) is 5.39. The molecule has 1 heterocycles. The molecule has 2 rings (SSSR count). The van der Waals surface area contributed by atoms with Crippen LogP contribution < -0.4 is 4.74 Å². The third-order valence-corrected chi connectivity index (χ3v) is 3.51. The van der Waals surface area contributed by atoms with E-state index in [0.717, 1.165) is 12.1 Å². The molecule has 0 aliphatic carbocycles. The molecule has 1 fully saturated rings. The first-order valence-corrected chi connectivity index (χ1v) is 6.97. The lowest BCUT2D eigenvalue weighted by Crippen LogP contribution is -2.61. The van der Waals surface area contributed by atoms with Crippen LogP contribution in [0, 0.1) is 0 Å². The minimum Gasteiger partial charge on any atom is -0.504 e. The first-order chi connectivity index (χ1) is 11.6. The molecule has 0 saturated carbocycles. The molecule has 25 heavy (non-hydrogen) atoms. The fourth-order valence-electron chi connectivity index (χ4n) is 2.32. The third-order valence-electron chi connectivity index (χ3n) is 3.51. The number of carboxylic acid groups (broad SMARTS) is 2. The van der Waals surface area contributed by atoms with Crippen molar-refractivity contribution in [2.75, 3.05) is 0 Å². The highest BCUT2D eigenvalue weighted by molar-refractivity contribution is 5.73. The Hall–Kier alpha value is -2.60. The zero-order valence-corrected chi connectivity index (χ0v) is 12.5. The summed E-state index contributed by atoms with van der Waals surface area (Å²) in [5, 5.41) is 66.4. The first-order valence-electron chi connectivity index (χ1n) is 6.97. The summed E-state index contributed by atoms with van der Waals surface area (Å²) in [7, 11) is 0. The van der Waals surface area contributed by atoms with E-state index in [9.17, 15) is 35.1 Å². The number of ether oxygens (including phenoxy) is 2. The van der Waals surface area contributed by atoms with Gasteiger partial charge in [0, 0.05) is 0 Å². The number of aliphatic carboxylic acids is 2. The molecule has 0 aromatic heterocycles. The van der Waals surface area contributed by atoms with Crippen molar-refractivity contribution in [3.05, 3.63) is 17.7 Å². The van der Waals surface area contributed by atoms with Gasteiger partial charge in [-0.15, -0.1) is 0 Å². The van der Waals surface area contributed by atoms with Crippen LogP contribution in [0.4, 0.5) is 0 Å². The third kappa shape index (κ3) is 3.91. The van der Waals surface area contributed by atoms with Gasteiger partial charge < -0.3 is 45.2 Å². The Morgan fingerprint density at radius 2 is 1.56 bits per heavy atom. The minimum atomic E-state index is -1.92. The zero-order chi connectivity index (χ0) is 18.9. The zero-order valence-electron chi connectivity index (χ0n) is 12.5. The summed E-state index contributed by atoms with van der Waals surface area (Å²) in [5.41, 5.74) is 0.0545. The van der Waals surface area contributed by atoms with Gasteiger partial charge in [-0.3, -0.25) is 4.79 Å². The summed E-state index contributed by atoms with van der Waals surface area (Å²) >= 11 is 0. The van der Waals surface area contributed by atoms with Crippen LogP contribution in [0.15, 0.2) is 12.1 Å². The Kier molecular flexibility index (Phi) is 5.33. The van der Waals surface area contributed by atoms with E-state index >= 15 is 0 Å². The lowest BCUT2D eigenvalue weighted by Gasteiger charge is -2.38. The molecule has 5 atom stereocenters. The van der Waals surface area contributed by atoms with Crippen LogP contribution >= 0.6 is 0 Å². The molecule has 1 aliphatic rings. The number of carbonyl (C=O) groups is 2. The van der Waals surface area contributed by atoms with Crippen LogP contribution in [0.5, 0.6) is 17.2 Å². The Balaban J connectivity index is 2.26. The fourth-order valence-corrected chi connectivity index (χ4v) is 2.32. The van der Waals surface area contributed by atoms with E-state index in [1.165, 1.54) is 0 Å². The smallest absolute Gasteiger partial charge is 0.335 e. The molecule has 1 aromatic carbocycles. The number of phenolic OH excluding ortho intramolecular Hbond substituents is 2. The van der Waals surface area contributed by atoms with Crippen LogP contribution in [-0.4, -0.2) is 78.4 Å². The van der Waals surface area contributed by atoms with Crippen molar-refractivity contribution >= 4 is 11.9 Å². The molecule has 0 radical (unpaired) electrons. The number of benzene rings is 1. The van der Waals surface area contributed by atoms with E-state index in [-0.39, 0.29) is 5.56 Å². The summed E-state index contributed by atoms with van der Waals surface area (Å²) in [6.45, 7) is 0. The Morgan fingerprint density at radius 1 is 1.00 bits per heavy atom. The van der Waals surface area contributed by atoms with Crippen LogP contribution in [-0.2, 0) is 20.7 Å². The van der Waals surface area contributed by atoms with Crippen molar-refractivity contribution in [1.29, 1.82) is 0 Å². The van der Waals surface area contributed by atoms with Crippen molar-refractivity contribution in [2.45, 2.75) is 37.1 Å². The van der Waals surface area contributed by atoms with Crippen molar-refractivity contribution in [2.24, 2.45) is 0 Å². The van der Waals surface area contributed by atoms with Gasteiger partial charge in [0.25, 0.3) is 0 Å². The summed E-state index contributed by atoms with van der Waals surface area (Å²) in [4.78, 5) is 21.7. The predicted octanol–water partition coefficient (Wildman–Crippen LogP) is -2.00. The number of aliphatic hydroxyl groups excluding tert-OH is 3. The number of rotatable bonds is 5. The van der Waals surface area contributed by atoms with E-state index < -0.39 is 66.3 Å². The molecule has 1 aliphatic heterocycles. The highest BCUT2D eigenvalue weighted by Crippen LogP contribution is 2.39. The summed E-state index contributed by atoms with van der Waals surface area (Å²) in [6, 6.07) is 1.97. The quantitative estimate of drug-likeness (QED) is 0.307. The van der Waals surface area contributed by atoms with Crippen LogP contribution in [0.3, 0.4) is 0 Å². The lowest BCUT2D eigenvalue weighted by molar-refractivity contribution is -0.271. The van der Waals surface area contributed by atoms with Crippen LogP contribution in [0.25, 0.3) is 0 Å². The molecule has 1 aromatic rings. The van der Waals surface area contributed by atoms with Gasteiger partial charge >= 0.3 is 11.9 Å². The largest absolute Gasteiger partial charge is 0.504 e. The summed E-state index contributed by atoms with van der Waals surface area (Å²) < 4.78 is 9.89. The highest BCUT2D eigenvalue weighted by Gasteiger charge is 2.48. The number of aliphatic hydroxyl groups is 3. The van der Waals surface area contributed by atoms with Gasteiger partial charge in [-0.1, -0.05) is 0 Å². The van der Waals surface area contributed by atoms with E-state index in [2.05, 4.69) is 0 Å². The van der Waals surface area contributed by atoms with Gasteiger partial charge in [-0.2, -0.15) is 0 Å².